The third-order valence-electron chi connectivity index (χ3n) is 2.12. The van der Waals surface area contributed by atoms with Crippen LogP contribution in [0.3, 0.4) is 0 Å². The van der Waals surface area contributed by atoms with Crippen molar-refractivity contribution in [3.8, 4) is 0 Å². The van der Waals surface area contributed by atoms with Crippen LogP contribution in [0.5, 0.6) is 0 Å². The average Bonchev–Trinajstić information content (AvgIpc) is 2.79. The number of fused-ring (bicyclic) bond motifs is 2. The Bertz CT molecular complexity index is 617. The Kier molecular flexibility index (Phi) is 1.90. The van der Waals surface area contributed by atoms with Crippen LogP contribution in [0.1, 0.15) is 5.89 Å². The molecule has 1 aromatic carbocycles. The molecule has 76 valence electrons. The molecule has 0 atom stereocenters. The zero-order chi connectivity index (χ0) is 10.6. The van der Waals surface area contributed by atoms with Crippen LogP contribution in [0.25, 0.3) is 22.2 Å². The predicted octanol–water partition coefficient (Wildman–Crippen LogP) is 3.80. The second-order valence-electron chi connectivity index (χ2n) is 3.07. The molecule has 2 heterocycles. The van der Waals surface area contributed by atoms with Gasteiger partial charge < -0.3 is 8.83 Å². The first kappa shape index (κ1) is 9.35. The van der Waals surface area contributed by atoms with Crippen LogP contribution in [0.15, 0.2) is 24.2 Å². The molecule has 0 saturated carbocycles. The zero-order valence-electron chi connectivity index (χ0n) is 7.54. The lowest BCUT2D eigenvalue weighted by Crippen LogP contribution is -1.77. The van der Waals surface area contributed by atoms with E-state index in [0.29, 0.717) is 17.1 Å². The summed E-state index contributed by atoms with van der Waals surface area (Å²) in [6, 6.07) is 0. The Morgan fingerprint density at radius 1 is 1.13 bits per heavy atom. The van der Waals surface area contributed by atoms with Gasteiger partial charge >= 0.3 is 0 Å². The number of hydrogen-bond acceptors (Lipinski definition) is 4. The molecule has 0 saturated heterocycles. The van der Waals surface area contributed by atoms with Crippen molar-refractivity contribution < 1.29 is 8.83 Å². The van der Waals surface area contributed by atoms with Gasteiger partial charge in [-0.15, -0.1) is 0 Å². The second-order valence-corrected chi connectivity index (χ2v) is 4.65. The first-order valence-electron chi connectivity index (χ1n) is 4.16. The smallest absolute Gasteiger partial charge is 0.192 e. The molecule has 2 aromatic heterocycles. The average molecular weight is 332 g/mol. The molecule has 0 spiro atoms. The van der Waals surface area contributed by atoms with E-state index in [1.807, 2.05) is 0 Å². The molecule has 6 heteroatoms. The largest absolute Gasteiger partial charge is 0.442 e. The van der Waals surface area contributed by atoms with E-state index in [1.54, 1.807) is 6.92 Å². The zero-order valence-corrected chi connectivity index (χ0v) is 10.7. The van der Waals surface area contributed by atoms with E-state index in [9.17, 15) is 0 Å². The predicted molar refractivity (Wildman–Crippen MR) is 61.7 cm³/mol. The van der Waals surface area contributed by atoms with Crippen LogP contribution in [-0.2, 0) is 0 Å². The Hall–Kier alpha value is -0.880. The number of halogens is 2. The highest BCUT2D eigenvalue weighted by atomic mass is 79.9. The molecule has 4 nitrogen and oxygen atoms in total. The van der Waals surface area contributed by atoms with E-state index in [4.69, 9.17) is 8.83 Å². The van der Waals surface area contributed by atoms with Gasteiger partial charge in [0.15, 0.2) is 23.5 Å². The second kappa shape index (κ2) is 3.05. The van der Waals surface area contributed by atoms with E-state index in [-0.39, 0.29) is 0 Å². The van der Waals surface area contributed by atoms with Gasteiger partial charge in [0, 0.05) is 6.92 Å². The van der Waals surface area contributed by atoms with Crippen molar-refractivity contribution in [3.63, 3.8) is 0 Å². The third-order valence-corrected chi connectivity index (χ3v) is 3.59. The fourth-order valence-corrected chi connectivity index (χ4v) is 2.60. The summed E-state index contributed by atoms with van der Waals surface area (Å²) in [5.41, 5.74) is 2.82. The van der Waals surface area contributed by atoms with Gasteiger partial charge in [0.1, 0.15) is 11.0 Å². The monoisotopic (exact) mass is 330 g/mol. The van der Waals surface area contributed by atoms with Crippen LogP contribution in [0, 0.1) is 6.92 Å². The van der Waals surface area contributed by atoms with Gasteiger partial charge in [0.25, 0.3) is 0 Å². The first-order chi connectivity index (χ1) is 7.18. The lowest BCUT2D eigenvalue weighted by atomic mass is 10.3. The van der Waals surface area contributed by atoms with Gasteiger partial charge in [-0.05, 0) is 31.9 Å². The van der Waals surface area contributed by atoms with Crippen molar-refractivity contribution in [2.24, 2.45) is 0 Å². The molecule has 0 unspecified atom stereocenters. The number of aryl methyl sites for hydroxylation is 1. The summed E-state index contributed by atoms with van der Waals surface area (Å²) in [6.07, 6.45) is 1.39. The molecular weight excluding hydrogens is 328 g/mol. The number of oxazole rings is 2. The first-order valence-corrected chi connectivity index (χ1v) is 5.74. The fraction of sp³-hybridized carbons (Fsp3) is 0.111. The molecule has 0 aliphatic heterocycles. The quantitative estimate of drug-likeness (QED) is 0.628. The summed E-state index contributed by atoms with van der Waals surface area (Å²) < 4.78 is 12.3. The topological polar surface area (TPSA) is 52.1 Å². The molecule has 0 amide bonds. The van der Waals surface area contributed by atoms with Gasteiger partial charge in [-0.3, -0.25) is 0 Å². The minimum absolute atomic E-state index is 0.610. The Morgan fingerprint density at radius 2 is 1.87 bits per heavy atom. The fourth-order valence-electron chi connectivity index (χ4n) is 1.50. The van der Waals surface area contributed by atoms with Crippen molar-refractivity contribution in [1.29, 1.82) is 0 Å². The highest BCUT2D eigenvalue weighted by Crippen LogP contribution is 2.38. The minimum Gasteiger partial charge on any atom is -0.442 e. The Labute approximate surface area is 101 Å². The molecule has 15 heavy (non-hydrogen) atoms. The summed E-state index contributed by atoms with van der Waals surface area (Å²) in [6.45, 7) is 1.80. The molecule has 0 radical (unpaired) electrons. The molecule has 3 aromatic rings. The molecule has 0 aliphatic carbocycles. The highest BCUT2D eigenvalue weighted by Gasteiger charge is 2.18. The SMILES string of the molecule is Cc1nc2c(Br)c3ocnc3c(Br)c2o1. The summed E-state index contributed by atoms with van der Waals surface area (Å²) in [5.74, 6) is 0.610. The van der Waals surface area contributed by atoms with Crippen molar-refractivity contribution in [2.75, 3.05) is 0 Å². The molecule has 0 N–H and O–H groups in total. The summed E-state index contributed by atoms with van der Waals surface area (Å²) in [4.78, 5) is 8.38. The number of benzene rings is 1. The number of hydrogen-bond donors (Lipinski definition) is 0. The molecular formula is C9H4Br2N2O2. The molecule has 0 aliphatic rings. The number of aromatic nitrogens is 2. The van der Waals surface area contributed by atoms with Gasteiger partial charge in [0.05, 0.1) is 8.95 Å². The maximum Gasteiger partial charge on any atom is 0.192 e. The van der Waals surface area contributed by atoms with Gasteiger partial charge in [0.2, 0.25) is 0 Å². The van der Waals surface area contributed by atoms with E-state index < -0.39 is 0 Å². The normalized spacial score (nSPS) is 11.7. The van der Waals surface area contributed by atoms with E-state index in [2.05, 4.69) is 41.8 Å². The highest BCUT2D eigenvalue weighted by molar-refractivity contribution is 9.11. The Balaban J connectivity index is 2.67. The van der Waals surface area contributed by atoms with Crippen LogP contribution in [0.2, 0.25) is 0 Å². The number of rotatable bonds is 0. The van der Waals surface area contributed by atoms with Crippen molar-refractivity contribution >= 4 is 54.1 Å². The van der Waals surface area contributed by atoms with E-state index in [1.165, 1.54) is 6.39 Å². The summed E-state index contributed by atoms with van der Waals surface area (Å²) >= 11 is 6.86. The van der Waals surface area contributed by atoms with Crippen molar-refractivity contribution in [1.82, 2.24) is 9.97 Å². The Morgan fingerprint density at radius 3 is 2.67 bits per heavy atom. The van der Waals surface area contributed by atoms with Crippen LogP contribution >= 0.6 is 31.9 Å². The maximum atomic E-state index is 5.49. The molecule has 0 fully saturated rings. The van der Waals surface area contributed by atoms with Crippen LogP contribution in [-0.4, -0.2) is 9.97 Å². The number of nitrogens with zero attached hydrogens (tertiary/aromatic N) is 2. The van der Waals surface area contributed by atoms with E-state index in [0.717, 1.165) is 20.0 Å². The van der Waals surface area contributed by atoms with Crippen molar-refractivity contribution in [2.45, 2.75) is 6.92 Å². The lowest BCUT2D eigenvalue weighted by Gasteiger charge is -1.95. The third kappa shape index (κ3) is 1.18. The van der Waals surface area contributed by atoms with Gasteiger partial charge in [-0.1, -0.05) is 0 Å². The van der Waals surface area contributed by atoms with E-state index >= 15 is 0 Å². The molecule has 3 rings (SSSR count). The lowest BCUT2D eigenvalue weighted by molar-refractivity contribution is 0.560. The van der Waals surface area contributed by atoms with Crippen LogP contribution < -0.4 is 0 Å². The standard InChI is InChI=1S/C9H4Br2N2O2/c1-3-13-7-5(11)8-6(12-2-14-8)4(10)9(7)15-3/h2H,1H3. The van der Waals surface area contributed by atoms with Crippen LogP contribution in [0.4, 0.5) is 0 Å². The molecule has 0 bridgehead atoms. The minimum atomic E-state index is 0.610. The van der Waals surface area contributed by atoms with Gasteiger partial charge in [-0.2, -0.15) is 0 Å². The van der Waals surface area contributed by atoms with Gasteiger partial charge in [-0.25, -0.2) is 9.97 Å². The maximum absolute atomic E-state index is 5.49. The summed E-state index contributed by atoms with van der Waals surface area (Å²) in [5, 5.41) is 0. The van der Waals surface area contributed by atoms with Crippen molar-refractivity contribution in [3.05, 3.63) is 21.2 Å². The summed E-state index contributed by atoms with van der Waals surface area (Å²) in [7, 11) is 0.